The van der Waals surface area contributed by atoms with Gasteiger partial charge in [-0.1, -0.05) is 53.3 Å². The summed E-state index contributed by atoms with van der Waals surface area (Å²) in [6.07, 6.45) is 0.729. The summed E-state index contributed by atoms with van der Waals surface area (Å²) < 4.78 is 5.48. The molecule has 2 N–H and O–H groups in total. The highest BCUT2D eigenvalue weighted by molar-refractivity contribution is 8.14. The molecule has 0 aromatic carbocycles. The number of carbonyl (C=O) groups is 2. The van der Waals surface area contributed by atoms with Gasteiger partial charge in [0.15, 0.2) is 5.17 Å². The van der Waals surface area contributed by atoms with Crippen molar-refractivity contribution in [2.24, 2.45) is 21.2 Å². The molecule has 0 aliphatic carbocycles. The molecule has 0 saturated carbocycles. The predicted octanol–water partition coefficient (Wildman–Crippen LogP) is 3.42. The second-order valence-electron chi connectivity index (χ2n) is 8.87. The summed E-state index contributed by atoms with van der Waals surface area (Å²) in [7, 11) is 0. The minimum atomic E-state index is -0.595. The summed E-state index contributed by atoms with van der Waals surface area (Å²) in [6, 6.07) is -0.322. The third-order valence-corrected chi connectivity index (χ3v) is 5.31. The van der Waals surface area contributed by atoms with E-state index in [4.69, 9.17) is 4.74 Å². The van der Waals surface area contributed by atoms with E-state index in [2.05, 4.69) is 57.2 Å². The van der Waals surface area contributed by atoms with Crippen LogP contribution in [0.5, 0.6) is 0 Å². The van der Waals surface area contributed by atoms with Gasteiger partial charge in [0.1, 0.15) is 6.61 Å². The Morgan fingerprint density at radius 2 is 1.80 bits per heavy atom. The van der Waals surface area contributed by atoms with Gasteiger partial charge in [-0.25, -0.2) is 4.79 Å². The molecule has 1 aliphatic heterocycles. The van der Waals surface area contributed by atoms with Crippen LogP contribution in [0.2, 0.25) is 0 Å². The minimum absolute atomic E-state index is 0.0128. The van der Waals surface area contributed by atoms with Crippen LogP contribution in [0.1, 0.15) is 54.9 Å². The topological polar surface area (TPSA) is 79.8 Å². The number of nitrogens with zero attached hydrogens (tertiary/aromatic N) is 1. The van der Waals surface area contributed by atoms with Gasteiger partial charge >= 0.3 is 12.0 Å². The van der Waals surface area contributed by atoms with Gasteiger partial charge in [0.05, 0.1) is 18.5 Å². The quantitative estimate of drug-likeness (QED) is 0.573. The maximum absolute atomic E-state index is 12.7. The van der Waals surface area contributed by atoms with Crippen molar-refractivity contribution in [1.82, 2.24) is 10.6 Å². The zero-order valence-corrected chi connectivity index (χ0v) is 17.4. The van der Waals surface area contributed by atoms with Gasteiger partial charge in [0, 0.05) is 5.75 Å². The number of rotatable bonds is 5. The molecule has 0 saturated heterocycles. The Morgan fingerprint density at radius 1 is 1.16 bits per heavy atom. The first kappa shape index (κ1) is 21.8. The molecule has 0 radical (unpaired) electrons. The zero-order chi connectivity index (χ0) is 19.3. The van der Waals surface area contributed by atoms with Crippen molar-refractivity contribution in [2.75, 3.05) is 25.4 Å². The van der Waals surface area contributed by atoms with Crippen LogP contribution in [0.4, 0.5) is 4.79 Å². The van der Waals surface area contributed by atoms with Gasteiger partial charge in [0.2, 0.25) is 0 Å². The molecule has 25 heavy (non-hydrogen) atoms. The Labute approximate surface area is 155 Å². The molecular formula is C18H33N3O3S. The minimum Gasteiger partial charge on any atom is -0.463 e. The SMILES string of the molecule is CC(C)(C)CC(C)(C(=O)OCCNC(=O)NC1=NCCS1)C(C)(C)C. The molecule has 0 aromatic heterocycles. The van der Waals surface area contributed by atoms with Crippen LogP contribution >= 0.6 is 11.8 Å². The number of hydrogen-bond acceptors (Lipinski definition) is 5. The lowest BCUT2D eigenvalue weighted by Crippen LogP contribution is -2.45. The fourth-order valence-electron chi connectivity index (χ4n) is 2.72. The molecule has 1 heterocycles. The van der Waals surface area contributed by atoms with Crippen molar-refractivity contribution >= 4 is 28.9 Å². The summed E-state index contributed by atoms with van der Waals surface area (Å²) in [6.45, 7) is 15.7. The molecule has 2 amide bonds. The summed E-state index contributed by atoms with van der Waals surface area (Å²) in [5.74, 6) is 0.680. The number of amides is 2. The van der Waals surface area contributed by atoms with Gasteiger partial charge in [-0.2, -0.15) is 0 Å². The number of thioether (sulfide) groups is 1. The Hall–Kier alpha value is -1.24. The fourth-order valence-corrected chi connectivity index (χ4v) is 3.45. The summed E-state index contributed by atoms with van der Waals surface area (Å²) in [5.41, 5.74) is -0.804. The van der Waals surface area contributed by atoms with Crippen LogP contribution in [0, 0.1) is 16.2 Å². The van der Waals surface area contributed by atoms with Gasteiger partial charge in [0.25, 0.3) is 0 Å². The van der Waals surface area contributed by atoms with Gasteiger partial charge in [-0.05, 0) is 24.2 Å². The second kappa shape index (κ2) is 8.43. The van der Waals surface area contributed by atoms with Crippen molar-refractivity contribution in [3.05, 3.63) is 0 Å². The average Bonchev–Trinajstić information content (AvgIpc) is 2.92. The molecule has 6 nitrogen and oxygen atoms in total. The first-order valence-corrected chi connectivity index (χ1v) is 9.73. The largest absolute Gasteiger partial charge is 0.463 e. The van der Waals surface area contributed by atoms with E-state index in [0.717, 1.165) is 18.7 Å². The van der Waals surface area contributed by atoms with Gasteiger partial charge in [-0.15, -0.1) is 0 Å². The van der Waals surface area contributed by atoms with Gasteiger partial charge < -0.3 is 10.1 Å². The van der Waals surface area contributed by atoms with Crippen LogP contribution in [-0.4, -0.2) is 42.6 Å². The zero-order valence-electron chi connectivity index (χ0n) is 16.6. The Bertz CT molecular complexity index is 521. The Balaban J connectivity index is 2.48. The summed E-state index contributed by atoms with van der Waals surface area (Å²) >= 11 is 1.52. The number of esters is 1. The molecule has 1 atom stereocenters. The molecule has 144 valence electrons. The number of carbonyl (C=O) groups excluding carboxylic acids is 2. The molecule has 0 spiro atoms. The van der Waals surface area contributed by atoms with E-state index >= 15 is 0 Å². The first-order chi connectivity index (χ1) is 11.3. The monoisotopic (exact) mass is 371 g/mol. The number of nitrogens with one attached hydrogen (secondary N) is 2. The number of amidine groups is 1. The first-order valence-electron chi connectivity index (χ1n) is 8.74. The second-order valence-corrected chi connectivity index (χ2v) is 9.96. The maximum Gasteiger partial charge on any atom is 0.320 e. The number of ether oxygens (including phenoxy) is 1. The average molecular weight is 372 g/mol. The standard InChI is InChI=1S/C18H33N3O3S/c1-16(2,3)12-18(7,17(4,5)6)13(22)24-10-8-19-14(23)21-15-20-9-11-25-15/h8-12H2,1-7H3,(H2,19,20,21,23). The highest BCUT2D eigenvalue weighted by Crippen LogP contribution is 2.47. The predicted molar refractivity (Wildman–Crippen MR) is 104 cm³/mol. The van der Waals surface area contributed by atoms with Crippen molar-refractivity contribution in [3.8, 4) is 0 Å². The van der Waals surface area contributed by atoms with Crippen LogP contribution in [0.25, 0.3) is 0 Å². The number of hydrogen-bond donors (Lipinski definition) is 2. The summed E-state index contributed by atoms with van der Waals surface area (Å²) in [5, 5.41) is 6.00. The van der Waals surface area contributed by atoms with E-state index in [0.29, 0.717) is 5.17 Å². The van der Waals surface area contributed by atoms with Crippen molar-refractivity contribution in [3.63, 3.8) is 0 Å². The highest BCUT2D eigenvalue weighted by Gasteiger charge is 2.47. The third-order valence-electron chi connectivity index (χ3n) is 4.42. The summed E-state index contributed by atoms with van der Waals surface area (Å²) in [4.78, 5) is 28.6. The van der Waals surface area contributed by atoms with E-state index in [-0.39, 0.29) is 36.0 Å². The molecule has 1 aliphatic rings. The molecule has 7 heteroatoms. The third kappa shape index (κ3) is 6.88. The molecule has 0 aromatic rings. The Kier molecular flexibility index (Phi) is 7.35. The maximum atomic E-state index is 12.7. The van der Waals surface area contributed by atoms with E-state index in [9.17, 15) is 9.59 Å². The molecule has 1 rings (SSSR count). The highest BCUT2D eigenvalue weighted by atomic mass is 32.2. The fraction of sp³-hybridized carbons (Fsp3) is 0.833. The van der Waals surface area contributed by atoms with Gasteiger partial charge in [-0.3, -0.25) is 15.1 Å². The van der Waals surface area contributed by atoms with E-state index < -0.39 is 5.41 Å². The smallest absolute Gasteiger partial charge is 0.320 e. The number of aliphatic imine (C=N–C) groups is 1. The molecule has 0 fully saturated rings. The lowest BCUT2D eigenvalue weighted by atomic mass is 9.61. The van der Waals surface area contributed by atoms with E-state index in [1.165, 1.54) is 11.8 Å². The molecule has 1 unspecified atom stereocenters. The van der Waals surface area contributed by atoms with Crippen LogP contribution in [0.3, 0.4) is 0 Å². The lowest BCUT2D eigenvalue weighted by molar-refractivity contribution is -0.164. The number of urea groups is 1. The van der Waals surface area contributed by atoms with Crippen LogP contribution in [-0.2, 0) is 9.53 Å². The Morgan fingerprint density at radius 3 is 2.28 bits per heavy atom. The van der Waals surface area contributed by atoms with Crippen LogP contribution in [0.15, 0.2) is 4.99 Å². The van der Waals surface area contributed by atoms with E-state index in [1.807, 2.05) is 6.92 Å². The van der Waals surface area contributed by atoms with Crippen molar-refractivity contribution in [2.45, 2.75) is 54.9 Å². The van der Waals surface area contributed by atoms with E-state index in [1.54, 1.807) is 0 Å². The van der Waals surface area contributed by atoms with Crippen molar-refractivity contribution < 1.29 is 14.3 Å². The van der Waals surface area contributed by atoms with Crippen molar-refractivity contribution in [1.29, 1.82) is 0 Å². The van der Waals surface area contributed by atoms with Crippen LogP contribution < -0.4 is 10.6 Å². The molecular weight excluding hydrogens is 338 g/mol. The lowest BCUT2D eigenvalue weighted by Gasteiger charge is -2.43. The normalized spacial score (nSPS) is 17.5. The molecule has 0 bridgehead atoms.